The number of hydrogen-bond donors (Lipinski definition) is 1. The zero-order valence-corrected chi connectivity index (χ0v) is 19.8. The van der Waals surface area contributed by atoms with Crippen molar-refractivity contribution in [1.82, 2.24) is 9.21 Å². The van der Waals surface area contributed by atoms with Gasteiger partial charge in [-0.25, -0.2) is 8.42 Å². The molecule has 7 nitrogen and oxygen atoms in total. The second kappa shape index (κ2) is 9.92. The Morgan fingerprint density at radius 3 is 2.45 bits per heavy atom. The monoisotopic (exact) mass is 460 g/mol. The van der Waals surface area contributed by atoms with Gasteiger partial charge in [0.25, 0.3) is 5.91 Å². The lowest BCUT2D eigenvalue weighted by molar-refractivity contribution is 0.102. The van der Waals surface area contributed by atoms with Crippen molar-refractivity contribution in [3.05, 3.63) is 45.8 Å². The van der Waals surface area contributed by atoms with E-state index in [-0.39, 0.29) is 10.8 Å². The van der Waals surface area contributed by atoms with Crippen LogP contribution in [0.5, 0.6) is 0 Å². The number of hydrogen-bond acceptors (Lipinski definition) is 6. The molecule has 0 saturated carbocycles. The Balaban J connectivity index is 1.79. The van der Waals surface area contributed by atoms with Crippen LogP contribution >= 0.6 is 11.3 Å². The van der Waals surface area contributed by atoms with Crippen molar-refractivity contribution in [1.29, 1.82) is 5.26 Å². The number of benzene rings is 1. The van der Waals surface area contributed by atoms with Gasteiger partial charge in [0.15, 0.2) is 0 Å². The third-order valence-electron chi connectivity index (χ3n) is 5.29. The van der Waals surface area contributed by atoms with Gasteiger partial charge >= 0.3 is 0 Å². The number of anilines is 1. The highest BCUT2D eigenvalue weighted by Gasteiger charge is 2.25. The van der Waals surface area contributed by atoms with Crippen LogP contribution in [-0.4, -0.2) is 50.2 Å². The van der Waals surface area contributed by atoms with Crippen molar-refractivity contribution in [3.63, 3.8) is 0 Å². The summed E-state index contributed by atoms with van der Waals surface area (Å²) >= 11 is 1.44. The molecule has 0 aliphatic carbocycles. The van der Waals surface area contributed by atoms with Crippen LogP contribution in [0.15, 0.2) is 29.2 Å². The van der Waals surface area contributed by atoms with E-state index in [1.807, 2.05) is 20.9 Å². The Morgan fingerprint density at radius 1 is 1.23 bits per heavy atom. The van der Waals surface area contributed by atoms with Gasteiger partial charge in [0.2, 0.25) is 10.0 Å². The minimum atomic E-state index is -3.59. The summed E-state index contributed by atoms with van der Waals surface area (Å²) in [4.78, 5) is 16.2. The fraction of sp³-hybridized carbons (Fsp3) is 0.455. The average Bonchev–Trinajstić information content (AvgIpc) is 3.09. The van der Waals surface area contributed by atoms with E-state index in [0.717, 1.165) is 42.8 Å². The molecule has 2 heterocycles. The van der Waals surface area contributed by atoms with Crippen LogP contribution in [0.4, 0.5) is 5.00 Å². The Labute approximate surface area is 188 Å². The number of fused-ring (bicyclic) bond motifs is 1. The summed E-state index contributed by atoms with van der Waals surface area (Å²) in [6, 6.07) is 8.22. The Hall–Kier alpha value is -2.25. The number of thiophene rings is 1. The number of carbonyl (C=O) groups excluding carboxylic acids is 1. The van der Waals surface area contributed by atoms with Crippen molar-refractivity contribution < 1.29 is 13.2 Å². The maximum Gasteiger partial charge on any atom is 0.256 e. The number of carbonyl (C=O) groups is 1. The molecule has 0 bridgehead atoms. The zero-order chi connectivity index (χ0) is 22.6. The molecular formula is C22H28N4O3S2. The molecule has 31 heavy (non-hydrogen) atoms. The molecule has 1 N–H and O–H groups in total. The highest BCUT2D eigenvalue weighted by molar-refractivity contribution is 7.89. The van der Waals surface area contributed by atoms with E-state index in [1.54, 1.807) is 0 Å². The molecule has 1 aliphatic heterocycles. The minimum absolute atomic E-state index is 0.179. The minimum Gasteiger partial charge on any atom is -0.312 e. The summed E-state index contributed by atoms with van der Waals surface area (Å²) in [6.07, 6.45) is 2.27. The van der Waals surface area contributed by atoms with E-state index in [0.29, 0.717) is 29.2 Å². The lowest BCUT2D eigenvalue weighted by Crippen LogP contribution is -2.32. The highest BCUT2D eigenvalue weighted by Crippen LogP contribution is 2.36. The fourth-order valence-corrected chi connectivity index (χ4v) is 6.59. The lowest BCUT2D eigenvalue weighted by atomic mass is 10.0. The van der Waals surface area contributed by atoms with Crippen LogP contribution in [-0.2, 0) is 23.0 Å². The molecule has 3 rings (SSSR count). The maximum absolute atomic E-state index is 12.9. The SMILES string of the molecule is CCCN(CCC)S(=O)(=O)c1ccc(C(=O)Nc2sc3c(c2C#N)CCN(C)C3)cc1. The van der Waals surface area contributed by atoms with E-state index in [4.69, 9.17) is 0 Å². The fourth-order valence-electron chi connectivity index (χ4n) is 3.69. The van der Waals surface area contributed by atoms with Crippen LogP contribution < -0.4 is 5.32 Å². The van der Waals surface area contributed by atoms with Crippen molar-refractivity contribution in [2.45, 2.75) is 44.6 Å². The van der Waals surface area contributed by atoms with Gasteiger partial charge in [0.1, 0.15) is 11.1 Å². The predicted octanol–water partition coefficient (Wildman–Crippen LogP) is 3.67. The zero-order valence-electron chi connectivity index (χ0n) is 18.1. The summed E-state index contributed by atoms with van der Waals surface area (Å²) < 4.78 is 27.3. The number of nitrogens with one attached hydrogen (secondary N) is 1. The first kappa shape index (κ1) is 23.4. The largest absolute Gasteiger partial charge is 0.312 e. The highest BCUT2D eigenvalue weighted by atomic mass is 32.2. The standard InChI is InChI=1S/C22H28N4O3S2/c1-4-11-26(12-5-2)31(28,29)17-8-6-16(7-9-17)21(27)24-22-19(14-23)18-10-13-25(3)15-20(18)30-22/h6-9H,4-5,10-13,15H2,1-3H3,(H,24,27). The summed E-state index contributed by atoms with van der Waals surface area (Å²) in [5, 5.41) is 13.0. The van der Waals surface area contributed by atoms with E-state index in [1.165, 1.54) is 39.9 Å². The van der Waals surface area contributed by atoms with Crippen LogP contribution in [0.25, 0.3) is 0 Å². The topological polar surface area (TPSA) is 93.5 Å². The molecule has 0 unspecified atom stereocenters. The molecule has 0 saturated heterocycles. The quantitative estimate of drug-likeness (QED) is 0.649. The number of sulfonamides is 1. The Morgan fingerprint density at radius 2 is 1.87 bits per heavy atom. The molecule has 0 atom stereocenters. The van der Waals surface area contributed by atoms with Crippen molar-refractivity contribution in [2.75, 3.05) is 32.0 Å². The third-order valence-corrected chi connectivity index (χ3v) is 8.33. The summed E-state index contributed by atoms with van der Waals surface area (Å²) in [6.45, 7) is 6.47. The van der Waals surface area contributed by atoms with Crippen LogP contribution in [0.1, 0.15) is 53.1 Å². The normalized spacial score (nSPS) is 14.3. The van der Waals surface area contributed by atoms with Gasteiger partial charge in [-0.15, -0.1) is 11.3 Å². The molecular weight excluding hydrogens is 432 g/mol. The molecule has 1 aromatic carbocycles. The number of likely N-dealkylation sites (N-methyl/N-ethyl adjacent to an activating group) is 1. The number of rotatable bonds is 8. The van der Waals surface area contributed by atoms with Gasteiger partial charge in [-0.05, 0) is 56.1 Å². The Kier molecular flexibility index (Phi) is 7.49. The molecule has 9 heteroatoms. The van der Waals surface area contributed by atoms with Gasteiger partial charge in [0, 0.05) is 36.6 Å². The van der Waals surface area contributed by atoms with E-state index in [2.05, 4.69) is 16.3 Å². The molecule has 1 aromatic heterocycles. The molecule has 0 radical (unpaired) electrons. The first-order valence-corrected chi connectivity index (χ1v) is 12.7. The van der Waals surface area contributed by atoms with Crippen LogP contribution in [0.2, 0.25) is 0 Å². The Bertz CT molecular complexity index is 1080. The number of nitriles is 1. The molecule has 1 amide bonds. The first-order valence-electron chi connectivity index (χ1n) is 10.5. The lowest BCUT2D eigenvalue weighted by Gasteiger charge is -2.21. The average molecular weight is 461 g/mol. The van der Waals surface area contributed by atoms with Crippen molar-refractivity contribution >= 4 is 32.3 Å². The predicted molar refractivity (Wildman–Crippen MR) is 123 cm³/mol. The second-order valence-electron chi connectivity index (χ2n) is 7.69. The molecule has 166 valence electrons. The van der Waals surface area contributed by atoms with Gasteiger partial charge in [-0.3, -0.25) is 4.79 Å². The third kappa shape index (κ3) is 4.99. The van der Waals surface area contributed by atoms with E-state index in [9.17, 15) is 18.5 Å². The van der Waals surface area contributed by atoms with Crippen LogP contribution in [0.3, 0.4) is 0 Å². The molecule has 1 aliphatic rings. The number of amides is 1. The smallest absolute Gasteiger partial charge is 0.256 e. The maximum atomic E-state index is 12.9. The van der Waals surface area contributed by atoms with Crippen molar-refractivity contribution in [3.8, 4) is 6.07 Å². The number of nitrogens with zero attached hydrogens (tertiary/aromatic N) is 3. The summed E-state index contributed by atoms with van der Waals surface area (Å²) in [5.41, 5.74) is 1.91. The summed E-state index contributed by atoms with van der Waals surface area (Å²) in [7, 11) is -1.56. The summed E-state index contributed by atoms with van der Waals surface area (Å²) in [5.74, 6) is -0.355. The molecule has 0 spiro atoms. The molecule has 2 aromatic rings. The van der Waals surface area contributed by atoms with Crippen molar-refractivity contribution in [2.24, 2.45) is 0 Å². The van der Waals surface area contributed by atoms with E-state index < -0.39 is 10.0 Å². The van der Waals surface area contributed by atoms with Gasteiger partial charge in [-0.1, -0.05) is 13.8 Å². The first-order chi connectivity index (χ1) is 14.8. The van der Waals surface area contributed by atoms with Gasteiger partial charge in [0.05, 0.1) is 10.5 Å². The van der Waals surface area contributed by atoms with Gasteiger partial charge < -0.3 is 10.2 Å². The van der Waals surface area contributed by atoms with Gasteiger partial charge in [-0.2, -0.15) is 9.57 Å². The van der Waals surface area contributed by atoms with Crippen LogP contribution in [0, 0.1) is 11.3 Å². The van der Waals surface area contributed by atoms with E-state index >= 15 is 0 Å². The molecule has 0 fully saturated rings. The second-order valence-corrected chi connectivity index (χ2v) is 10.7.